The summed E-state index contributed by atoms with van der Waals surface area (Å²) < 4.78 is 13.8. The van der Waals surface area contributed by atoms with Gasteiger partial charge in [0.2, 0.25) is 0 Å². The fraction of sp³-hybridized carbons (Fsp3) is 0.0769. The molecule has 1 N–H and O–H groups in total. The van der Waals surface area contributed by atoms with E-state index < -0.39 is 0 Å². The monoisotopic (exact) mass is 342 g/mol. The molecule has 0 spiro atoms. The van der Waals surface area contributed by atoms with Gasteiger partial charge < -0.3 is 5.32 Å². The number of halogens is 3. The van der Waals surface area contributed by atoms with Gasteiger partial charge in [0, 0.05) is 22.2 Å². The molecule has 1 amide bonds. The van der Waals surface area contributed by atoms with Crippen molar-refractivity contribution in [1.29, 1.82) is 0 Å². The summed E-state index contributed by atoms with van der Waals surface area (Å²) >= 11 is 9.07. The lowest BCUT2D eigenvalue weighted by molar-refractivity contribution is 0.0946. The van der Waals surface area contributed by atoms with Gasteiger partial charge in [-0.2, -0.15) is 0 Å². The first-order valence-electron chi connectivity index (χ1n) is 5.40. The highest BCUT2D eigenvalue weighted by molar-refractivity contribution is 9.10. The van der Waals surface area contributed by atoms with Gasteiger partial charge in [-0.25, -0.2) is 4.39 Å². The summed E-state index contributed by atoms with van der Waals surface area (Å²) in [5.74, 6) is -0.716. The smallest absolute Gasteiger partial charge is 0.270 e. The van der Waals surface area contributed by atoms with E-state index >= 15 is 0 Å². The number of pyridine rings is 1. The van der Waals surface area contributed by atoms with Gasteiger partial charge in [0.15, 0.2) is 0 Å². The van der Waals surface area contributed by atoms with Crippen molar-refractivity contribution in [3.05, 3.63) is 63.1 Å². The van der Waals surface area contributed by atoms with E-state index in [1.54, 1.807) is 12.1 Å². The molecule has 2 aromatic rings. The van der Waals surface area contributed by atoms with Crippen molar-refractivity contribution in [2.75, 3.05) is 0 Å². The fourth-order valence-electron chi connectivity index (χ4n) is 1.47. The van der Waals surface area contributed by atoms with Crippen LogP contribution in [0.2, 0.25) is 5.02 Å². The zero-order valence-corrected chi connectivity index (χ0v) is 12.0. The van der Waals surface area contributed by atoms with E-state index in [0.717, 1.165) is 4.47 Å². The molecule has 1 heterocycles. The highest BCUT2D eigenvalue weighted by Crippen LogP contribution is 2.17. The van der Waals surface area contributed by atoms with Gasteiger partial charge in [0.1, 0.15) is 11.5 Å². The predicted octanol–water partition coefficient (Wildman–Crippen LogP) is 3.57. The summed E-state index contributed by atoms with van der Waals surface area (Å²) in [6, 6.07) is 7.34. The average molecular weight is 344 g/mol. The Kier molecular flexibility index (Phi) is 4.50. The van der Waals surface area contributed by atoms with Gasteiger partial charge in [-0.15, -0.1) is 0 Å². The number of hydrogen-bond acceptors (Lipinski definition) is 2. The van der Waals surface area contributed by atoms with Crippen LogP contribution in [0.3, 0.4) is 0 Å². The molecule has 0 saturated carbocycles. The summed E-state index contributed by atoms with van der Waals surface area (Å²) in [4.78, 5) is 15.7. The summed E-state index contributed by atoms with van der Waals surface area (Å²) in [6.45, 7) is 0.200. The molecular weight excluding hydrogens is 335 g/mol. The molecule has 6 heteroatoms. The van der Waals surface area contributed by atoms with Crippen LogP contribution in [0.5, 0.6) is 0 Å². The molecule has 19 heavy (non-hydrogen) atoms. The molecule has 0 aliphatic carbocycles. The number of amides is 1. The number of rotatable bonds is 3. The topological polar surface area (TPSA) is 42.0 Å². The van der Waals surface area contributed by atoms with E-state index in [0.29, 0.717) is 10.6 Å². The maximum atomic E-state index is 13.1. The van der Waals surface area contributed by atoms with E-state index in [1.165, 1.54) is 24.4 Å². The van der Waals surface area contributed by atoms with Gasteiger partial charge >= 0.3 is 0 Å². The third kappa shape index (κ3) is 3.75. The Bertz CT molecular complexity index is 621. The SMILES string of the molecule is O=C(NCc1cc(F)ccc1Br)c1cc(Cl)ccn1. The van der Waals surface area contributed by atoms with Crippen LogP contribution in [0.25, 0.3) is 0 Å². The van der Waals surface area contributed by atoms with E-state index in [9.17, 15) is 9.18 Å². The summed E-state index contributed by atoms with van der Waals surface area (Å²) in [6.07, 6.45) is 1.45. The van der Waals surface area contributed by atoms with Crippen molar-refractivity contribution in [2.24, 2.45) is 0 Å². The Morgan fingerprint density at radius 2 is 2.16 bits per heavy atom. The van der Waals surface area contributed by atoms with Gasteiger partial charge in [0.25, 0.3) is 5.91 Å². The van der Waals surface area contributed by atoms with Crippen LogP contribution in [0.1, 0.15) is 16.1 Å². The highest BCUT2D eigenvalue weighted by atomic mass is 79.9. The number of carbonyl (C=O) groups is 1. The van der Waals surface area contributed by atoms with Crippen molar-refractivity contribution >= 4 is 33.4 Å². The zero-order valence-electron chi connectivity index (χ0n) is 9.66. The first-order chi connectivity index (χ1) is 9.06. The van der Waals surface area contributed by atoms with Crippen molar-refractivity contribution in [1.82, 2.24) is 10.3 Å². The summed E-state index contributed by atoms with van der Waals surface area (Å²) in [5.41, 5.74) is 0.871. The molecule has 0 fully saturated rings. The standard InChI is InChI=1S/C13H9BrClFN2O/c14-11-2-1-10(16)5-8(11)7-18-13(19)12-6-9(15)3-4-17-12/h1-6H,7H2,(H,18,19). The first-order valence-corrected chi connectivity index (χ1v) is 6.57. The molecule has 0 radical (unpaired) electrons. The fourth-order valence-corrected chi connectivity index (χ4v) is 2.02. The molecule has 98 valence electrons. The minimum absolute atomic E-state index is 0.200. The first kappa shape index (κ1) is 14.0. The predicted molar refractivity (Wildman–Crippen MR) is 74.5 cm³/mol. The Labute approximate surface area is 122 Å². The number of benzene rings is 1. The third-order valence-corrected chi connectivity index (χ3v) is 3.41. The lowest BCUT2D eigenvalue weighted by Crippen LogP contribution is -2.24. The molecule has 0 saturated heterocycles. The Balaban J connectivity index is 2.06. The maximum Gasteiger partial charge on any atom is 0.270 e. The van der Waals surface area contributed by atoms with Gasteiger partial charge in [-0.1, -0.05) is 27.5 Å². The van der Waals surface area contributed by atoms with Gasteiger partial charge in [-0.3, -0.25) is 9.78 Å². The zero-order chi connectivity index (χ0) is 13.8. The van der Waals surface area contributed by atoms with Crippen LogP contribution in [-0.2, 0) is 6.54 Å². The number of hydrogen-bond donors (Lipinski definition) is 1. The van der Waals surface area contributed by atoms with Gasteiger partial charge in [0.05, 0.1) is 0 Å². The Hall–Kier alpha value is -1.46. The highest BCUT2D eigenvalue weighted by Gasteiger charge is 2.09. The van der Waals surface area contributed by atoms with Crippen LogP contribution in [0.15, 0.2) is 41.0 Å². The Morgan fingerprint density at radius 1 is 1.37 bits per heavy atom. The van der Waals surface area contributed by atoms with Crippen LogP contribution >= 0.6 is 27.5 Å². The van der Waals surface area contributed by atoms with Crippen molar-refractivity contribution in [3.8, 4) is 0 Å². The third-order valence-electron chi connectivity index (χ3n) is 2.40. The van der Waals surface area contributed by atoms with Crippen LogP contribution in [0, 0.1) is 5.82 Å². The second kappa shape index (κ2) is 6.12. The average Bonchev–Trinajstić information content (AvgIpc) is 2.39. The number of carbonyl (C=O) groups excluding carboxylic acids is 1. The van der Waals surface area contributed by atoms with Gasteiger partial charge in [-0.05, 0) is 35.9 Å². The second-order valence-electron chi connectivity index (χ2n) is 3.78. The van der Waals surface area contributed by atoms with E-state index in [-0.39, 0.29) is 24.0 Å². The molecule has 0 aliphatic rings. The lowest BCUT2D eigenvalue weighted by Gasteiger charge is -2.07. The van der Waals surface area contributed by atoms with Crippen LogP contribution < -0.4 is 5.32 Å². The minimum atomic E-state index is -0.362. The Morgan fingerprint density at radius 3 is 2.89 bits per heavy atom. The number of nitrogens with zero attached hydrogens (tertiary/aromatic N) is 1. The van der Waals surface area contributed by atoms with Crippen LogP contribution in [0.4, 0.5) is 4.39 Å². The summed E-state index contributed by atoms with van der Waals surface area (Å²) in [5, 5.41) is 3.09. The van der Waals surface area contributed by atoms with E-state index in [1.807, 2.05) is 0 Å². The molecule has 1 aromatic heterocycles. The molecule has 0 unspecified atom stereocenters. The quantitative estimate of drug-likeness (QED) is 0.926. The molecule has 0 aliphatic heterocycles. The molecule has 0 bridgehead atoms. The minimum Gasteiger partial charge on any atom is -0.347 e. The van der Waals surface area contributed by atoms with Crippen molar-refractivity contribution in [2.45, 2.75) is 6.54 Å². The molecular formula is C13H9BrClFN2O. The molecule has 2 rings (SSSR count). The number of aromatic nitrogens is 1. The summed E-state index contributed by atoms with van der Waals surface area (Å²) in [7, 11) is 0. The van der Waals surface area contributed by atoms with Crippen molar-refractivity contribution < 1.29 is 9.18 Å². The maximum absolute atomic E-state index is 13.1. The van der Waals surface area contributed by atoms with E-state index in [2.05, 4.69) is 26.2 Å². The number of nitrogens with one attached hydrogen (secondary N) is 1. The molecule has 0 atom stereocenters. The molecule has 1 aromatic carbocycles. The second-order valence-corrected chi connectivity index (χ2v) is 5.07. The lowest BCUT2D eigenvalue weighted by atomic mass is 10.2. The van der Waals surface area contributed by atoms with Crippen molar-refractivity contribution in [3.63, 3.8) is 0 Å². The normalized spacial score (nSPS) is 10.3. The van der Waals surface area contributed by atoms with E-state index in [4.69, 9.17) is 11.6 Å². The van der Waals surface area contributed by atoms with Crippen LogP contribution in [-0.4, -0.2) is 10.9 Å². The largest absolute Gasteiger partial charge is 0.347 e. The molecule has 3 nitrogen and oxygen atoms in total.